The van der Waals surface area contributed by atoms with Gasteiger partial charge in [-0.1, -0.05) is 0 Å². The highest BCUT2D eigenvalue weighted by atomic mass is 16.5. The predicted molar refractivity (Wildman–Crippen MR) is 90.7 cm³/mol. The number of hydrogen-bond donors (Lipinski definition) is 1. The third-order valence-corrected chi connectivity index (χ3v) is 4.90. The fourth-order valence-electron chi connectivity index (χ4n) is 3.53. The highest BCUT2D eigenvalue weighted by Gasteiger charge is 2.31. The second-order valence-electron chi connectivity index (χ2n) is 6.56. The van der Waals surface area contributed by atoms with Crippen molar-refractivity contribution in [2.75, 3.05) is 39.4 Å². The second kappa shape index (κ2) is 8.39. The maximum absolute atomic E-state index is 12.4. The van der Waals surface area contributed by atoms with Crippen LogP contribution in [0.2, 0.25) is 0 Å². The molecular weight excluding hydrogens is 306 g/mol. The average molecular weight is 333 g/mol. The van der Waals surface area contributed by atoms with Crippen molar-refractivity contribution >= 4 is 6.03 Å². The van der Waals surface area contributed by atoms with Gasteiger partial charge in [0.2, 0.25) is 0 Å². The summed E-state index contributed by atoms with van der Waals surface area (Å²) >= 11 is 0. The van der Waals surface area contributed by atoms with Crippen molar-refractivity contribution in [3.8, 4) is 0 Å². The summed E-state index contributed by atoms with van der Waals surface area (Å²) in [4.78, 5) is 25.2. The van der Waals surface area contributed by atoms with Gasteiger partial charge in [-0.25, -0.2) is 4.79 Å². The maximum Gasteiger partial charge on any atom is 0.317 e. The second-order valence-corrected chi connectivity index (χ2v) is 6.56. The Kier molecular flexibility index (Phi) is 5.98. The largest absolute Gasteiger partial charge is 0.381 e. The van der Waals surface area contributed by atoms with E-state index >= 15 is 0 Å². The van der Waals surface area contributed by atoms with Crippen molar-refractivity contribution in [2.45, 2.75) is 38.3 Å². The number of ether oxygens (including phenoxy) is 1. The van der Waals surface area contributed by atoms with E-state index in [2.05, 4.69) is 27.1 Å². The number of hydrogen-bond acceptors (Lipinski definition) is 5. The van der Waals surface area contributed by atoms with Crippen LogP contribution in [-0.2, 0) is 11.2 Å². The van der Waals surface area contributed by atoms with Crippen LogP contribution in [0.5, 0.6) is 0 Å². The van der Waals surface area contributed by atoms with Gasteiger partial charge in [0.1, 0.15) is 0 Å². The topological polar surface area (TPSA) is 70.6 Å². The van der Waals surface area contributed by atoms with Gasteiger partial charge in [0.15, 0.2) is 0 Å². The van der Waals surface area contributed by atoms with E-state index in [9.17, 15) is 4.79 Å². The summed E-state index contributed by atoms with van der Waals surface area (Å²) in [5.74, 6) is 0. The zero-order chi connectivity index (χ0) is 16.8. The molecule has 0 unspecified atom stereocenters. The van der Waals surface area contributed by atoms with Crippen LogP contribution < -0.4 is 5.32 Å². The highest BCUT2D eigenvalue weighted by molar-refractivity contribution is 5.74. The van der Waals surface area contributed by atoms with Crippen molar-refractivity contribution in [1.29, 1.82) is 0 Å². The normalized spacial score (nSPS) is 23.2. The van der Waals surface area contributed by atoms with E-state index in [1.54, 1.807) is 18.6 Å². The van der Waals surface area contributed by atoms with Crippen LogP contribution in [0.4, 0.5) is 4.79 Å². The zero-order valence-corrected chi connectivity index (χ0v) is 14.4. The van der Waals surface area contributed by atoms with E-state index in [0.29, 0.717) is 19.0 Å². The van der Waals surface area contributed by atoms with Gasteiger partial charge < -0.3 is 15.0 Å². The van der Waals surface area contributed by atoms with Gasteiger partial charge in [-0.05, 0) is 19.8 Å². The van der Waals surface area contributed by atoms with Gasteiger partial charge >= 0.3 is 6.03 Å². The summed E-state index contributed by atoms with van der Waals surface area (Å²) in [7, 11) is 0. The molecule has 7 heteroatoms. The standard InChI is InChI=1S/C17H27N5O2/c1-14-13-21(16-3-10-24-11-4-16)8-9-22(14)17(23)20-5-2-15-12-18-6-7-19-15/h6-7,12,14,16H,2-5,8-11,13H2,1H3,(H,20,23)/t14-/m1/s1. The summed E-state index contributed by atoms with van der Waals surface area (Å²) in [6.07, 6.45) is 7.99. The molecule has 2 saturated heterocycles. The van der Waals surface area contributed by atoms with Gasteiger partial charge in [-0.2, -0.15) is 0 Å². The molecular formula is C17H27N5O2. The molecule has 1 N–H and O–H groups in total. The first-order valence-electron chi connectivity index (χ1n) is 8.85. The van der Waals surface area contributed by atoms with Gasteiger partial charge in [0.05, 0.1) is 5.69 Å². The van der Waals surface area contributed by atoms with Crippen LogP contribution in [0, 0.1) is 0 Å². The highest BCUT2D eigenvalue weighted by Crippen LogP contribution is 2.19. The number of nitrogens with one attached hydrogen (secondary N) is 1. The summed E-state index contributed by atoms with van der Waals surface area (Å²) in [5.41, 5.74) is 0.898. The molecule has 0 bridgehead atoms. The minimum absolute atomic E-state index is 0.0259. The number of amides is 2. The smallest absolute Gasteiger partial charge is 0.317 e. The number of rotatable bonds is 4. The van der Waals surface area contributed by atoms with Crippen LogP contribution in [-0.4, -0.2) is 77.3 Å². The van der Waals surface area contributed by atoms with Gasteiger partial charge in [0.25, 0.3) is 0 Å². The summed E-state index contributed by atoms with van der Waals surface area (Å²) < 4.78 is 5.45. The lowest BCUT2D eigenvalue weighted by molar-refractivity contribution is 0.00704. The lowest BCUT2D eigenvalue weighted by Gasteiger charge is -2.44. The molecule has 0 spiro atoms. The third-order valence-electron chi connectivity index (χ3n) is 4.90. The van der Waals surface area contributed by atoms with Crippen molar-refractivity contribution in [1.82, 2.24) is 25.1 Å². The third kappa shape index (κ3) is 4.42. The molecule has 2 fully saturated rings. The molecule has 1 atom stereocenters. The summed E-state index contributed by atoms with van der Waals surface area (Å²) in [6, 6.07) is 0.874. The van der Waals surface area contributed by atoms with E-state index in [1.807, 2.05) is 4.90 Å². The van der Waals surface area contributed by atoms with Gasteiger partial charge in [0, 0.05) is 76.5 Å². The predicted octanol–water partition coefficient (Wildman–Crippen LogP) is 0.914. The van der Waals surface area contributed by atoms with Gasteiger partial charge in [-0.15, -0.1) is 0 Å². The Labute approximate surface area is 143 Å². The van der Waals surface area contributed by atoms with E-state index in [1.165, 1.54) is 0 Å². The van der Waals surface area contributed by atoms with E-state index in [4.69, 9.17) is 4.74 Å². The molecule has 0 radical (unpaired) electrons. The number of nitrogens with zero attached hydrogens (tertiary/aromatic N) is 4. The first-order valence-corrected chi connectivity index (χ1v) is 8.85. The Bertz CT molecular complexity index is 521. The quantitative estimate of drug-likeness (QED) is 0.887. The SMILES string of the molecule is C[C@@H]1CN(C2CCOCC2)CCN1C(=O)NCCc1cnccn1. The monoisotopic (exact) mass is 333 g/mol. The first kappa shape index (κ1) is 17.1. The van der Waals surface area contributed by atoms with E-state index in [-0.39, 0.29) is 12.1 Å². The molecule has 132 valence electrons. The van der Waals surface area contributed by atoms with Crippen LogP contribution >= 0.6 is 0 Å². The van der Waals surface area contributed by atoms with Crippen LogP contribution in [0.3, 0.4) is 0 Å². The Morgan fingerprint density at radius 2 is 2.17 bits per heavy atom. The first-order chi connectivity index (χ1) is 11.7. The molecule has 2 aliphatic heterocycles. The number of piperazine rings is 1. The Morgan fingerprint density at radius 3 is 2.88 bits per heavy atom. The van der Waals surface area contributed by atoms with Crippen molar-refractivity contribution in [2.24, 2.45) is 0 Å². The number of aromatic nitrogens is 2. The molecule has 0 aromatic carbocycles. The molecule has 1 aromatic rings. The van der Waals surface area contributed by atoms with Crippen LogP contribution in [0.25, 0.3) is 0 Å². The van der Waals surface area contributed by atoms with Crippen molar-refractivity contribution in [3.05, 3.63) is 24.3 Å². The fourth-order valence-corrected chi connectivity index (χ4v) is 3.53. The minimum Gasteiger partial charge on any atom is -0.381 e. The van der Waals surface area contributed by atoms with Crippen LogP contribution in [0.1, 0.15) is 25.5 Å². The van der Waals surface area contributed by atoms with E-state index < -0.39 is 0 Å². The lowest BCUT2D eigenvalue weighted by atomic mass is 10.0. The summed E-state index contributed by atoms with van der Waals surface area (Å²) in [5, 5.41) is 3.01. The molecule has 2 aliphatic rings. The van der Waals surface area contributed by atoms with Crippen LogP contribution in [0.15, 0.2) is 18.6 Å². The number of carbonyl (C=O) groups excluding carboxylic acids is 1. The molecule has 0 saturated carbocycles. The molecule has 3 heterocycles. The molecule has 2 amide bonds. The minimum atomic E-state index is 0.0259. The van der Waals surface area contributed by atoms with Crippen molar-refractivity contribution < 1.29 is 9.53 Å². The van der Waals surface area contributed by atoms with Crippen molar-refractivity contribution in [3.63, 3.8) is 0 Å². The number of urea groups is 1. The molecule has 7 nitrogen and oxygen atoms in total. The molecule has 1 aromatic heterocycles. The lowest BCUT2D eigenvalue weighted by Crippen LogP contribution is -2.59. The summed E-state index contributed by atoms with van der Waals surface area (Å²) in [6.45, 7) is 7.13. The molecule has 3 rings (SSSR count). The Hall–Kier alpha value is -1.73. The molecule has 24 heavy (non-hydrogen) atoms. The molecule has 0 aliphatic carbocycles. The fraction of sp³-hybridized carbons (Fsp3) is 0.706. The maximum atomic E-state index is 12.4. The zero-order valence-electron chi connectivity index (χ0n) is 14.4. The number of carbonyl (C=O) groups is 1. The Balaban J connectivity index is 1.42. The van der Waals surface area contributed by atoms with Gasteiger partial charge in [-0.3, -0.25) is 14.9 Å². The van der Waals surface area contributed by atoms with E-state index in [0.717, 1.165) is 51.4 Å². The average Bonchev–Trinajstić information content (AvgIpc) is 2.63. The Morgan fingerprint density at radius 1 is 1.33 bits per heavy atom.